The van der Waals surface area contributed by atoms with E-state index >= 15 is 0 Å². The van der Waals surface area contributed by atoms with Gasteiger partial charge in [-0.2, -0.15) is 0 Å². The summed E-state index contributed by atoms with van der Waals surface area (Å²) in [7, 11) is 1.61. The predicted octanol–water partition coefficient (Wildman–Crippen LogP) is 6.01. The predicted molar refractivity (Wildman–Crippen MR) is 172 cm³/mol. The van der Waals surface area contributed by atoms with Crippen molar-refractivity contribution in [1.29, 1.82) is 0 Å². The van der Waals surface area contributed by atoms with Gasteiger partial charge in [0.25, 0.3) is 5.91 Å². The number of aliphatic hydroxyl groups is 1. The number of benzene rings is 4. The summed E-state index contributed by atoms with van der Waals surface area (Å²) >= 11 is 0. The molecular weight excluding hydrogens is 577 g/mol. The van der Waals surface area contributed by atoms with E-state index < -0.39 is 30.0 Å². The Labute approximate surface area is 260 Å². The molecule has 3 atom stereocenters. The van der Waals surface area contributed by atoms with Gasteiger partial charge in [0.1, 0.15) is 11.9 Å². The first-order chi connectivity index (χ1) is 21.6. The van der Waals surface area contributed by atoms with Crippen molar-refractivity contribution in [2.45, 2.75) is 26.0 Å². The highest BCUT2D eigenvalue weighted by molar-refractivity contribution is 6.08. The Kier molecular flexibility index (Phi) is 9.48. The Morgan fingerprint density at radius 3 is 2.40 bits per heavy atom. The molecule has 1 aliphatic heterocycles. The number of halogens is 1. The number of nitrogens with one attached hydrogen (secondary N) is 3. The minimum Gasteiger partial charge on any atom is -0.485 e. The van der Waals surface area contributed by atoms with Gasteiger partial charge in [0.2, 0.25) is 0 Å². The van der Waals surface area contributed by atoms with Gasteiger partial charge in [0.05, 0.1) is 36.1 Å². The normalized spacial score (nSPS) is 16.9. The average molecular weight is 614 g/mol. The molecule has 5 amide bonds. The lowest BCUT2D eigenvalue weighted by Gasteiger charge is -2.38. The van der Waals surface area contributed by atoms with Gasteiger partial charge in [-0.1, -0.05) is 49.4 Å². The van der Waals surface area contributed by atoms with E-state index in [0.29, 0.717) is 11.4 Å². The Morgan fingerprint density at radius 2 is 1.64 bits per heavy atom. The highest BCUT2D eigenvalue weighted by Crippen LogP contribution is 2.35. The number of likely N-dealkylation sites (N-methyl/N-ethyl adjacent to an activating group) is 1. The maximum absolute atomic E-state index is 13.8. The largest absolute Gasteiger partial charge is 0.485 e. The van der Waals surface area contributed by atoms with Crippen molar-refractivity contribution in [3.8, 4) is 5.75 Å². The van der Waals surface area contributed by atoms with Crippen molar-refractivity contribution in [3.63, 3.8) is 0 Å². The molecule has 234 valence electrons. The molecule has 4 N–H and O–H groups in total. The van der Waals surface area contributed by atoms with E-state index in [-0.39, 0.29) is 48.5 Å². The molecule has 0 spiro atoms. The number of carbonyl (C=O) groups excluding carboxylic acids is 3. The summed E-state index contributed by atoms with van der Waals surface area (Å²) in [6.07, 6.45) is -0.613. The van der Waals surface area contributed by atoms with Gasteiger partial charge in [-0.05, 0) is 54.8 Å². The molecule has 0 radical (unpaired) electrons. The summed E-state index contributed by atoms with van der Waals surface area (Å²) in [6, 6.07) is 22.2. The number of para-hydroxylation sites is 1. The zero-order valence-electron chi connectivity index (χ0n) is 25.3. The van der Waals surface area contributed by atoms with E-state index in [4.69, 9.17) is 4.74 Å². The van der Waals surface area contributed by atoms with Gasteiger partial charge in [-0.3, -0.25) is 4.79 Å². The molecule has 1 heterocycles. The summed E-state index contributed by atoms with van der Waals surface area (Å²) in [4.78, 5) is 43.1. The number of anilines is 3. The minimum absolute atomic E-state index is 0.125. The van der Waals surface area contributed by atoms with E-state index in [1.165, 1.54) is 29.2 Å². The van der Waals surface area contributed by atoms with Crippen LogP contribution in [0.2, 0.25) is 0 Å². The fourth-order valence-electron chi connectivity index (χ4n) is 5.27. The molecule has 0 aromatic heterocycles. The first-order valence-electron chi connectivity index (χ1n) is 14.7. The van der Waals surface area contributed by atoms with E-state index in [1.54, 1.807) is 43.1 Å². The summed E-state index contributed by atoms with van der Waals surface area (Å²) in [6.45, 7) is 3.79. The molecule has 4 aromatic rings. The fraction of sp³-hybridized carbons (Fsp3) is 0.265. The van der Waals surface area contributed by atoms with Crippen molar-refractivity contribution >= 4 is 45.8 Å². The molecule has 1 aliphatic rings. The zero-order chi connectivity index (χ0) is 32.1. The third-order valence-electron chi connectivity index (χ3n) is 7.87. The van der Waals surface area contributed by atoms with Crippen LogP contribution in [-0.2, 0) is 0 Å². The first kappa shape index (κ1) is 31.3. The molecule has 0 saturated carbocycles. The molecular formula is C34H36FN5O5. The van der Waals surface area contributed by atoms with Crippen LogP contribution in [0.3, 0.4) is 0 Å². The smallest absolute Gasteiger partial charge is 0.323 e. The number of hydrogen-bond donors (Lipinski definition) is 4. The van der Waals surface area contributed by atoms with E-state index in [2.05, 4.69) is 16.0 Å². The van der Waals surface area contributed by atoms with Gasteiger partial charge < -0.3 is 35.6 Å². The minimum atomic E-state index is -0.613. The number of carbonyl (C=O) groups is 3. The second kappa shape index (κ2) is 13.6. The van der Waals surface area contributed by atoms with Gasteiger partial charge in [0, 0.05) is 30.6 Å². The highest BCUT2D eigenvalue weighted by Gasteiger charge is 2.35. The van der Waals surface area contributed by atoms with Crippen LogP contribution in [0.15, 0.2) is 84.9 Å². The van der Waals surface area contributed by atoms with Crippen LogP contribution in [0, 0.1) is 11.7 Å². The Bertz CT molecular complexity index is 1690. The number of fused-ring (bicyclic) bond motifs is 2. The molecule has 10 nitrogen and oxygen atoms in total. The lowest BCUT2D eigenvalue weighted by atomic mass is 9.99. The number of aliphatic hydroxyl groups excluding tert-OH is 1. The topological polar surface area (TPSA) is 123 Å². The van der Waals surface area contributed by atoms with Gasteiger partial charge in [-0.15, -0.1) is 0 Å². The molecule has 45 heavy (non-hydrogen) atoms. The second-order valence-corrected chi connectivity index (χ2v) is 11.2. The highest BCUT2D eigenvalue weighted by atomic mass is 19.1. The average Bonchev–Trinajstić information content (AvgIpc) is 3.03. The Balaban J connectivity index is 1.42. The van der Waals surface area contributed by atoms with Crippen LogP contribution in [0.4, 0.5) is 31.0 Å². The number of rotatable bonds is 7. The van der Waals surface area contributed by atoms with Crippen molar-refractivity contribution in [1.82, 2.24) is 9.80 Å². The van der Waals surface area contributed by atoms with E-state index in [1.807, 2.05) is 43.3 Å². The number of amides is 5. The number of ether oxygens (including phenoxy) is 1. The maximum atomic E-state index is 13.8. The van der Waals surface area contributed by atoms with Crippen molar-refractivity contribution < 1.29 is 28.6 Å². The second-order valence-electron chi connectivity index (χ2n) is 11.2. The fourth-order valence-corrected chi connectivity index (χ4v) is 5.27. The molecule has 0 unspecified atom stereocenters. The monoisotopic (exact) mass is 613 g/mol. The SMILES string of the molecule is C[C@H](CO)N1C[C@H](C)[C@H](CN(C)C(=O)Nc2ccc(F)cc2)Oc2c(NC(=O)Nc3cccc4ccccc34)cccc2C1=O. The summed E-state index contributed by atoms with van der Waals surface area (Å²) in [5, 5.41) is 20.3. The molecule has 0 fully saturated rings. The number of nitrogens with zero attached hydrogens (tertiary/aromatic N) is 2. The van der Waals surface area contributed by atoms with Crippen LogP contribution in [0.1, 0.15) is 24.2 Å². The molecule has 0 saturated heterocycles. The van der Waals surface area contributed by atoms with Crippen molar-refractivity contribution in [2.75, 3.05) is 42.7 Å². The van der Waals surface area contributed by atoms with Crippen LogP contribution < -0.4 is 20.7 Å². The molecule has 0 bridgehead atoms. The molecule has 5 rings (SSSR count). The Hall–Kier alpha value is -5.16. The molecule has 0 aliphatic carbocycles. The van der Waals surface area contributed by atoms with E-state index in [9.17, 15) is 23.9 Å². The third-order valence-corrected chi connectivity index (χ3v) is 7.87. The van der Waals surface area contributed by atoms with Crippen molar-refractivity contribution in [3.05, 3.63) is 96.3 Å². The number of hydrogen-bond acceptors (Lipinski definition) is 5. The molecule has 11 heteroatoms. The van der Waals surface area contributed by atoms with Gasteiger partial charge >= 0.3 is 12.1 Å². The number of urea groups is 2. The quantitative estimate of drug-likeness (QED) is 0.203. The van der Waals surface area contributed by atoms with E-state index in [0.717, 1.165) is 10.8 Å². The van der Waals surface area contributed by atoms with Gasteiger partial charge in [0.15, 0.2) is 5.75 Å². The molecule has 4 aromatic carbocycles. The Morgan fingerprint density at radius 1 is 0.978 bits per heavy atom. The van der Waals surface area contributed by atoms with Crippen LogP contribution >= 0.6 is 0 Å². The lowest BCUT2D eigenvalue weighted by molar-refractivity contribution is 0.0373. The van der Waals surface area contributed by atoms with Crippen molar-refractivity contribution in [2.24, 2.45) is 5.92 Å². The maximum Gasteiger partial charge on any atom is 0.323 e. The van der Waals surface area contributed by atoms with Crippen LogP contribution in [0.5, 0.6) is 5.75 Å². The lowest BCUT2D eigenvalue weighted by Crippen LogP contribution is -2.50. The summed E-state index contributed by atoms with van der Waals surface area (Å²) in [5.74, 6) is -0.884. The summed E-state index contributed by atoms with van der Waals surface area (Å²) in [5.41, 5.74) is 1.54. The van der Waals surface area contributed by atoms with Gasteiger partial charge in [-0.25, -0.2) is 14.0 Å². The standard InChI is InChI=1S/C34H36FN5O5/c1-21-18-40(22(2)20-41)32(42)27-11-7-13-29(38-33(43)37-28-12-6-9-23-8-4-5-10-26(23)28)31(27)45-30(21)19-39(3)34(44)36-25-16-14-24(35)15-17-25/h4-17,21-22,30,41H,18-20H2,1-3H3,(H,36,44)(H2,37,38,43)/t21-,22+,30-/m0/s1. The summed E-state index contributed by atoms with van der Waals surface area (Å²) < 4.78 is 19.8. The van der Waals surface area contributed by atoms with Crippen LogP contribution in [-0.4, -0.2) is 71.8 Å². The zero-order valence-corrected chi connectivity index (χ0v) is 25.3. The third kappa shape index (κ3) is 7.15. The first-order valence-corrected chi connectivity index (χ1v) is 14.7. The van der Waals surface area contributed by atoms with Crippen LogP contribution in [0.25, 0.3) is 10.8 Å².